The van der Waals surface area contributed by atoms with Gasteiger partial charge in [0, 0.05) is 32.5 Å². The Morgan fingerprint density at radius 2 is 1.80 bits per heavy atom. The molecule has 0 aliphatic carbocycles. The lowest BCUT2D eigenvalue weighted by Gasteiger charge is -2.44. The van der Waals surface area contributed by atoms with E-state index in [1.807, 2.05) is 39.9 Å². The minimum absolute atomic E-state index is 0.0472. The summed E-state index contributed by atoms with van der Waals surface area (Å²) in [5, 5.41) is 14.6. The van der Waals surface area contributed by atoms with Gasteiger partial charge >= 0.3 is 0 Å². The molecule has 0 saturated carbocycles. The Hall–Kier alpha value is -2.69. The fourth-order valence-electron chi connectivity index (χ4n) is 4.96. The maximum Gasteiger partial charge on any atom is 0.243 e. The predicted molar refractivity (Wildman–Crippen MR) is 109 cm³/mol. The van der Waals surface area contributed by atoms with Gasteiger partial charge in [0.25, 0.3) is 0 Å². The molecule has 1 spiro atoms. The molecule has 156 valence electrons. The second-order valence-corrected chi connectivity index (χ2v) is 8.47. The van der Waals surface area contributed by atoms with Crippen molar-refractivity contribution in [1.82, 2.24) is 14.7 Å². The molecule has 3 aliphatic rings. The number of aromatic nitrogens is 2. The van der Waals surface area contributed by atoms with Gasteiger partial charge in [0.2, 0.25) is 5.91 Å². The maximum atomic E-state index is 13.2. The van der Waals surface area contributed by atoms with Crippen LogP contribution in [-0.2, 0) is 26.3 Å². The van der Waals surface area contributed by atoms with E-state index in [2.05, 4.69) is 12.3 Å². The summed E-state index contributed by atoms with van der Waals surface area (Å²) >= 11 is 0. The van der Waals surface area contributed by atoms with Gasteiger partial charge < -0.3 is 14.4 Å². The number of hydrogen-bond donors (Lipinski definition) is 0. The summed E-state index contributed by atoms with van der Waals surface area (Å²) in [5.41, 5.74) is 1.88. The van der Waals surface area contributed by atoms with Crippen LogP contribution in [0.4, 0.5) is 0 Å². The molecule has 0 N–H and O–H groups in total. The van der Waals surface area contributed by atoms with Gasteiger partial charge in [-0.15, -0.1) is 0 Å². The van der Waals surface area contributed by atoms with Crippen LogP contribution in [0.1, 0.15) is 36.9 Å². The lowest BCUT2D eigenvalue weighted by molar-refractivity contribution is -0.152. The van der Waals surface area contributed by atoms with Crippen molar-refractivity contribution >= 4 is 5.91 Å². The summed E-state index contributed by atoms with van der Waals surface area (Å²) in [7, 11) is 0. The van der Waals surface area contributed by atoms with Crippen LogP contribution >= 0.6 is 0 Å². The minimum atomic E-state index is -0.934. The van der Waals surface area contributed by atoms with E-state index < -0.39 is 11.0 Å². The normalized spacial score (nSPS) is 22.3. The molecule has 2 aromatic rings. The summed E-state index contributed by atoms with van der Waals surface area (Å²) in [6, 6.07) is 12.4. The van der Waals surface area contributed by atoms with Crippen LogP contribution in [0.5, 0.6) is 0 Å². The molecule has 1 amide bonds. The van der Waals surface area contributed by atoms with Crippen LogP contribution in [0.25, 0.3) is 5.69 Å². The van der Waals surface area contributed by atoms with Crippen molar-refractivity contribution in [3.8, 4) is 11.8 Å². The fraction of sp³-hybridized carbons (Fsp3) is 0.522. The predicted octanol–water partition coefficient (Wildman–Crippen LogP) is 2.58. The van der Waals surface area contributed by atoms with Gasteiger partial charge in [-0.3, -0.25) is 4.79 Å². The van der Waals surface area contributed by atoms with Crippen molar-refractivity contribution in [2.75, 3.05) is 32.9 Å². The highest BCUT2D eigenvalue weighted by atomic mass is 16.5. The van der Waals surface area contributed by atoms with E-state index in [1.54, 1.807) is 0 Å². The van der Waals surface area contributed by atoms with E-state index in [4.69, 9.17) is 14.6 Å². The monoisotopic (exact) mass is 406 g/mol. The molecule has 7 heteroatoms. The van der Waals surface area contributed by atoms with Crippen LogP contribution in [0.3, 0.4) is 0 Å². The maximum absolute atomic E-state index is 13.2. The number of ether oxygens (including phenoxy) is 2. The molecule has 7 nitrogen and oxygen atoms in total. The second kappa shape index (κ2) is 7.53. The number of carbonyl (C=O) groups excluding carboxylic acids is 1. The van der Waals surface area contributed by atoms with Crippen molar-refractivity contribution in [3.05, 3.63) is 47.8 Å². The smallest absolute Gasteiger partial charge is 0.243 e. The van der Waals surface area contributed by atoms with Crippen LogP contribution in [-0.4, -0.2) is 53.5 Å². The van der Waals surface area contributed by atoms with Crippen LogP contribution < -0.4 is 0 Å². The van der Waals surface area contributed by atoms with Crippen molar-refractivity contribution in [2.45, 2.75) is 37.7 Å². The van der Waals surface area contributed by atoms with Gasteiger partial charge in [-0.05, 0) is 49.8 Å². The van der Waals surface area contributed by atoms with E-state index in [9.17, 15) is 10.1 Å². The number of amides is 1. The SMILES string of the molecule is N#CC1(C(=O)N2CCC3(CC2)OCCc2cn(-c4ccccc4)nc23)CCOCC1. The Morgan fingerprint density at radius 1 is 1.07 bits per heavy atom. The molecule has 1 aromatic carbocycles. The number of likely N-dealkylation sites (tertiary alicyclic amines) is 1. The summed E-state index contributed by atoms with van der Waals surface area (Å²) in [5.74, 6) is -0.0472. The highest BCUT2D eigenvalue weighted by Gasteiger charge is 2.48. The van der Waals surface area contributed by atoms with E-state index in [1.165, 1.54) is 5.56 Å². The van der Waals surface area contributed by atoms with Crippen molar-refractivity contribution in [1.29, 1.82) is 5.26 Å². The molecule has 5 rings (SSSR count). The zero-order valence-electron chi connectivity index (χ0n) is 17.0. The molecular formula is C23H26N4O3. The topological polar surface area (TPSA) is 80.4 Å². The fourth-order valence-corrected chi connectivity index (χ4v) is 4.96. The Balaban J connectivity index is 1.36. The second-order valence-electron chi connectivity index (χ2n) is 8.47. The molecule has 1 aromatic heterocycles. The molecule has 0 atom stereocenters. The third-order valence-corrected chi connectivity index (χ3v) is 6.82. The Morgan fingerprint density at radius 3 is 2.50 bits per heavy atom. The van der Waals surface area contributed by atoms with E-state index in [0.717, 1.165) is 17.8 Å². The number of hydrogen-bond acceptors (Lipinski definition) is 5. The minimum Gasteiger partial charge on any atom is -0.381 e. The third kappa shape index (κ3) is 3.11. The van der Waals surface area contributed by atoms with Gasteiger partial charge in [-0.1, -0.05) is 18.2 Å². The zero-order valence-corrected chi connectivity index (χ0v) is 17.0. The van der Waals surface area contributed by atoms with Gasteiger partial charge in [0.05, 0.1) is 24.1 Å². The quantitative estimate of drug-likeness (QED) is 0.766. The molecule has 2 saturated heterocycles. The number of benzene rings is 1. The number of para-hydroxylation sites is 1. The largest absolute Gasteiger partial charge is 0.381 e. The van der Waals surface area contributed by atoms with Crippen molar-refractivity contribution in [3.63, 3.8) is 0 Å². The van der Waals surface area contributed by atoms with Crippen molar-refractivity contribution < 1.29 is 14.3 Å². The lowest BCUT2D eigenvalue weighted by Crippen LogP contribution is -2.53. The Labute approximate surface area is 176 Å². The van der Waals surface area contributed by atoms with Crippen molar-refractivity contribution in [2.24, 2.45) is 5.41 Å². The average molecular weight is 406 g/mol. The first-order valence-corrected chi connectivity index (χ1v) is 10.7. The number of nitriles is 1. The summed E-state index contributed by atoms with van der Waals surface area (Å²) < 4.78 is 13.6. The number of rotatable bonds is 2. The first-order valence-electron chi connectivity index (χ1n) is 10.7. The average Bonchev–Trinajstić information content (AvgIpc) is 3.26. The first kappa shape index (κ1) is 19.3. The summed E-state index contributed by atoms with van der Waals surface area (Å²) in [6.07, 6.45) is 5.33. The van der Waals surface area contributed by atoms with Gasteiger partial charge in [-0.2, -0.15) is 10.4 Å². The van der Waals surface area contributed by atoms with Gasteiger partial charge in [0.1, 0.15) is 11.0 Å². The Bertz CT molecular complexity index is 964. The van der Waals surface area contributed by atoms with Crippen LogP contribution in [0, 0.1) is 16.7 Å². The molecule has 4 heterocycles. The summed E-state index contributed by atoms with van der Waals surface area (Å²) in [6.45, 7) is 2.78. The summed E-state index contributed by atoms with van der Waals surface area (Å²) in [4.78, 5) is 15.1. The number of carbonyl (C=O) groups is 1. The molecule has 0 radical (unpaired) electrons. The number of nitrogens with zero attached hydrogens (tertiary/aromatic N) is 4. The Kier molecular flexibility index (Phi) is 4.84. The molecule has 3 aliphatic heterocycles. The standard InChI is InChI=1S/C23H26N4O3/c24-17-22(9-14-29-15-10-22)21(28)26-11-7-23(8-12-26)20-18(6-13-30-23)16-27(25-20)19-4-2-1-3-5-19/h1-5,16H,6-15H2. The van der Waals surface area contributed by atoms with E-state index >= 15 is 0 Å². The van der Waals surface area contributed by atoms with E-state index in [-0.39, 0.29) is 5.91 Å². The van der Waals surface area contributed by atoms with Gasteiger partial charge in [0.15, 0.2) is 0 Å². The first-order chi connectivity index (χ1) is 14.7. The zero-order chi connectivity index (χ0) is 20.6. The molecule has 30 heavy (non-hydrogen) atoms. The number of piperidine rings is 1. The molecule has 0 bridgehead atoms. The van der Waals surface area contributed by atoms with E-state index in [0.29, 0.717) is 58.6 Å². The number of fused-ring (bicyclic) bond motifs is 2. The lowest BCUT2D eigenvalue weighted by atomic mass is 9.78. The highest BCUT2D eigenvalue weighted by molar-refractivity contribution is 5.85. The van der Waals surface area contributed by atoms with Crippen LogP contribution in [0.15, 0.2) is 36.5 Å². The third-order valence-electron chi connectivity index (χ3n) is 6.82. The highest BCUT2D eigenvalue weighted by Crippen LogP contribution is 2.42. The van der Waals surface area contributed by atoms with Crippen LogP contribution in [0.2, 0.25) is 0 Å². The van der Waals surface area contributed by atoms with Gasteiger partial charge in [-0.25, -0.2) is 4.68 Å². The molecule has 2 fully saturated rings. The molecule has 0 unspecified atom stereocenters. The molecular weight excluding hydrogens is 380 g/mol.